The Kier molecular flexibility index (Phi) is 5.82. The van der Waals surface area contributed by atoms with E-state index in [1.54, 1.807) is 54.6 Å². The number of H-pyrrole nitrogens is 1. The van der Waals surface area contributed by atoms with E-state index in [0.717, 1.165) is 0 Å². The fraction of sp³-hybridized carbons (Fsp3) is 0.0800. The molecule has 33 heavy (non-hydrogen) atoms. The van der Waals surface area contributed by atoms with Crippen LogP contribution in [0.3, 0.4) is 0 Å². The van der Waals surface area contributed by atoms with Crippen molar-refractivity contribution >= 4 is 40.2 Å². The van der Waals surface area contributed by atoms with Gasteiger partial charge in [-0.15, -0.1) is 0 Å². The van der Waals surface area contributed by atoms with Crippen molar-refractivity contribution in [3.05, 3.63) is 77.4 Å². The summed E-state index contributed by atoms with van der Waals surface area (Å²) in [5.41, 5.74) is 3.04. The zero-order valence-corrected chi connectivity index (χ0v) is 17.9. The molecule has 0 atom stereocenters. The Morgan fingerprint density at radius 2 is 1.73 bits per heavy atom. The summed E-state index contributed by atoms with van der Waals surface area (Å²) in [6.07, 6.45) is 1.48. The van der Waals surface area contributed by atoms with Gasteiger partial charge in [0.25, 0.3) is 0 Å². The van der Waals surface area contributed by atoms with Gasteiger partial charge < -0.3 is 25.3 Å². The lowest BCUT2D eigenvalue weighted by Gasteiger charge is -2.05. The molecular weight excluding hydrogens is 422 g/mol. The van der Waals surface area contributed by atoms with Gasteiger partial charge in [-0.1, -0.05) is 12.1 Å². The van der Waals surface area contributed by atoms with Crippen molar-refractivity contribution in [2.75, 3.05) is 12.4 Å². The number of aliphatic imine (C=N–C) groups is 1. The first-order valence-electron chi connectivity index (χ1n) is 10.0. The lowest BCUT2D eigenvalue weighted by molar-refractivity contribution is -0.114. The maximum atomic E-state index is 12.9. The highest BCUT2D eigenvalue weighted by Crippen LogP contribution is 2.31. The van der Waals surface area contributed by atoms with Crippen molar-refractivity contribution in [1.82, 2.24) is 4.98 Å². The number of ketones is 1. The molecule has 0 unspecified atom stereocenters. The molecule has 4 aromatic rings. The van der Waals surface area contributed by atoms with Crippen LogP contribution in [0.25, 0.3) is 10.9 Å². The van der Waals surface area contributed by atoms with E-state index in [1.165, 1.54) is 26.3 Å². The molecule has 0 aliphatic heterocycles. The molecule has 0 saturated heterocycles. The minimum Gasteiger partial charge on any atom is -0.504 e. The maximum Gasteiger partial charge on any atom is 0.221 e. The molecular formula is C25H21N3O5. The first kappa shape index (κ1) is 21.6. The molecule has 0 bridgehead atoms. The number of hydrogen-bond acceptors (Lipinski definition) is 6. The maximum absolute atomic E-state index is 12.9. The average molecular weight is 443 g/mol. The van der Waals surface area contributed by atoms with Gasteiger partial charge in [-0.3, -0.25) is 14.6 Å². The molecule has 1 heterocycles. The summed E-state index contributed by atoms with van der Waals surface area (Å²) in [6, 6.07) is 16.4. The number of nitrogens with one attached hydrogen (secondary N) is 2. The number of phenols is 1. The van der Waals surface area contributed by atoms with Gasteiger partial charge in [-0.25, -0.2) is 0 Å². The van der Waals surface area contributed by atoms with Gasteiger partial charge in [-0.2, -0.15) is 0 Å². The second-order valence-corrected chi connectivity index (χ2v) is 7.35. The van der Waals surface area contributed by atoms with Crippen molar-refractivity contribution in [2.45, 2.75) is 6.92 Å². The van der Waals surface area contributed by atoms with Gasteiger partial charge in [0.05, 0.1) is 18.4 Å². The monoisotopic (exact) mass is 443 g/mol. The number of aromatic hydroxyl groups is 2. The number of anilines is 1. The standard InChI is InChI=1S/C25H21N3O5/c1-14(29)27-17-6-3-15(4-7-17)24(31)16-5-9-19-20(25(32)28-21(19)11-16)13-26-18-8-10-23(33-2)22(30)12-18/h3-13,28,30,32H,1-2H3,(H,27,29). The number of benzene rings is 3. The Balaban J connectivity index is 1.60. The van der Waals surface area contributed by atoms with Crippen LogP contribution < -0.4 is 10.1 Å². The van der Waals surface area contributed by atoms with Crippen LogP contribution in [0.1, 0.15) is 28.4 Å². The number of carbonyl (C=O) groups excluding carboxylic acids is 2. The highest BCUT2D eigenvalue weighted by atomic mass is 16.5. The van der Waals surface area contributed by atoms with Gasteiger partial charge in [-0.05, 0) is 42.5 Å². The Bertz CT molecular complexity index is 1390. The molecule has 0 spiro atoms. The lowest BCUT2D eigenvalue weighted by Crippen LogP contribution is -2.06. The molecule has 0 saturated carbocycles. The van der Waals surface area contributed by atoms with E-state index in [1.807, 2.05) is 0 Å². The summed E-state index contributed by atoms with van der Waals surface area (Å²) in [7, 11) is 1.46. The van der Waals surface area contributed by atoms with Gasteiger partial charge in [0, 0.05) is 46.9 Å². The van der Waals surface area contributed by atoms with E-state index >= 15 is 0 Å². The van der Waals surface area contributed by atoms with Crippen molar-refractivity contribution in [2.24, 2.45) is 4.99 Å². The normalized spacial score (nSPS) is 11.1. The van der Waals surface area contributed by atoms with Gasteiger partial charge in [0.1, 0.15) is 0 Å². The quantitative estimate of drug-likeness (QED) is 0.257. The first-order chi connectivity index (χ1) is 15.9. The van der Waals surface area contributed by atoms with Crippen LogP contribution in [0.4, 0.5) is 11.4 Å². The van der Waals surface area contributed by atoms with Crippen molar-refractivity contribution < 1.29 is 24.5 Å². The molecule has 166 valence electrons. The Hall–Kier alpha value is -4.59. The highest BCUT2D eigenvalue weighted by Gasteiger charge is 2.14. The Morgan fingerprint density at radius 3 is 2.39 bits per heavy atom. The predicted molar refractivity (Wildman–Crippen MR) is 126 cm³/mol. The van der Waals surface area contributed by atoms with Gasteiger partial charge in [0.2, 0.25) is 5.91 Å². The molecule has 0 aliphatic carbocycles. The average Bonchev–Trinajstić information content (AvgIpc) is 3.11. The third-order valence-corrected chi connectivity index (χ3v) is 5.05. The number of carbonyl (C=O) groups is 2. The van der Waals surface area contributed by atoms with Crippen molar-refractivity contribution in [3.8, 4) is 17.4 Å². The minimum atomic E-state index is -0.190. The van der Waals surface area contributed by atoms with Crippen LogP contribution in [0.15, 0.2) is 65.7 Å². The molecule has 4 rings (SSSR count). The van der Waals surface area contributed by atoms with Crippen LogP contribution in [-0.2, 0) is 4.79 Å². The Morgan fingerprint density at radius 1 is 1.00 bits per heavy atom. The number of aromatic amines is 1. The summed E-state index contributed by atoms with van der Waals surface area (Å²) < 4.78 is 5.02. The zero-order chi connectivity index (χ0) is 23.5. The van der Waals surface area contributed by atoms with E-state index in [2.05, 4.69) is 15.3 Å². The fourth-order valence-electron chi connectivity index (χ4n) is 3.45. The van der Waals surface area contributed by atoms with Crippen LogP contribution >= 0.6 is 0 Å². The molecule has 8 heteroatoms. The zero-order valence-electron chi connectivity index (χ0n) is 17.9. The molecule has 0 radical (unpaired) electrons. The minimum absolute atomic E-state index is 0.0384. The molecule has 0 aliphatic rings. The third kappa shape index (κ3) is 4.54. The van der Waals surface area contributed by atoms with Crippen molar-refractivity contribution in [3.63, 3.8) is 0 Å². The second kappa shape index (κ2) is 8.88. The van der Waals surface area contributed by atoms with Crippen LogP contribution in [0, 0.1) is 0 Å². The number of rotatable bonds is 6. The molecule has 8 nitrogen and oxygen atoms in total. The number of fused-ring (bicyclic) bond motifs is 1. The number of methoxy groups -OCH3 is 1. The number of ether oxygens (including phenoxy) is 1. The number of phenolic OH excluding ortho intramolecular Hbond substituents is 1. The van der Waals surface area contributed by atoms with E-state index in [-0.39, 0.29) is 23.3 Å². The van der Waals surface area contributed by atoms with E-state index in [9.17, 15) is 19.8 Å². The second-order valence-electron chi connectivity index (χ2n) is 7.35. The largest absolute Gasteiger partial charge is 0.504 e. The fourth-order valence-corrected chi connectivity index (χ4v) is 3.45. The van der Waals surface area contributed by atoms with Gasteiger partial charge in [0.15, 0.2) is 23.2 Å². The van der Waals surface area contributed by atoms with E-state index in [0.29, 0.717) is 44.7 Å². The molecule has 4 N–H and O–H groups in total. The Labute approximate surface area is 189 Å². The number of amides is 1. The summed E-state index contributed by atoms with van der Waals surface area (Å²) >= 11 is 0. The summed E-state index contributed by atoms with van der Waals surface area (Å²) in [5, 5.41) is 23.6. The summed E-state index contributed by atoms with van der Waals surface area (Å²) in [6.45, 7) is 1.42. The number of nitrogens with zero attached hydrogens (tertiary/aromatic N) is 1. The predicted octanol–water partition coefficient (Wildman–Crippen LogP) is 4.53. The highest BCUT2D eigenvalue weighted by molar-refractivity contribution is 6.12. The molecule has 1 aromatic heterocycles. The van der Waals surface area contributed by atoms with Crippen LogP contribution in [0.5, 0.6) is 17.4 Å². The summed E-state index contributed by atoms with van der Waals surface area (Å²) in [4.78, 5) is 31.2. The van der Waals surface area contributed by atoms with E-state index < -0.39 is 0 Å². The molecule has 0 fully saturated rings. The first-order valence-corrected chi connectivity index (χ1v) is 10.0. The topological polar surface area (TPSA) is 124 Å². The lowest BCUT2D eigenvalue weighted by atomic mass is 10.0. The summed E-state index contributed by atoms with van der Waals surface area (Å²) in [5.74, 6) is -0.163. The SMILES string of the molecule is COc1ccc(N=Cc2c(O)[nH]c3cc(C(=O)c4ccc(NC(C)=O)cc4)ccc23)cc1O. The van der Waals surface area contributed by atoms with Crippen LogP contribution in [-0.4, -0.2) is 40.2 Å². The van der Waals surface area contributed by atoms with E-state index in [4.69, 9.17) is 4.74 Å². The third-order valence-electron chi connectivity index (χ3n) is 5.05. The number of hydrogen-bond donors (Lipinski definition) is 4. The van der Waals surface area contributed by atoms with Crippen LogP contribution in [0.2, 0.25) is 0 Å². The molecule has 1 amide bonds. The number of aromatic nitrogens is 1. The molecule has 3 aromatic carbocycles. The van der Waals surface area contributed by atoms with Crippen molar-refractivity contribution in [1.29, 1.82) is 0 Å². The van der Waals surface area contributed by atoms with Gasteiger partial charge >= 0.3 is 0 Å². The smallest absolute Gasteiger partial charge is 0.221 e.